The molecule has 2 amide bonds. The number of likely N-dealkylation sites (N-methyl/N-ethyl adjacent to an activating group) is 1. The van der Waals surface area contributed by atoms with Crippen molar-refractivity contribution < 1.29 is 19.1 Å². The summed E-state index contributed by atoms with van der Waals surface area (Å²) in [6.45, 7) is 12.5. The molecule has 2 rings (SSSR count). The lowest BCUT2D eigenvalue weighted by molar-refractivity contribution is -0.151. The minimum absolute atomic E-state index is 0.0508. The van der Waals surface area contributed by atoms with Crippen LogP contribution in [0.3, 0.4) is 0 Å². The molecule has 1 aromatic heterocycles. The number of likely N-dealkylation sites (tertiary alicyclic amines) is 1. The molecule has 2 heterocycles. The van der Waals surface area contributed by atoms with Crippen LogP contribution in [0.1, 0.15) is 57.0 Å². The molecule has 1 fully saturated rings. The third-order valence-electron chi connectivity index (χ3n) is 5.92. The summed E-state index contributed by atoms with van der Waals surface area (Å²) in [7, 11) is 1.67. The Morgan fingerprint density at radius 2 is 1.84 bits per heavy atom. The molecule has 0 aliphatic carbocycles. The Morgan fingerprint density at radius 1 is 1.19 bits per heavy atom. The summed E-state index contributed by atoms with van der Waals surface area (Å²) in [5, 5.41) is 4.61. The molecule has 0 radical (unpaired) electrons. The first-order valence-electron chi connectivity index (χ1n) is 11.3. The van der Waals surface area contributed by atoms with E-state index in [4.69, 9.17) is 4.74 Å². The molecule has 8 nitrogen and oxygen atoms in total. The van der Waals surface area contributed by atoms with E-state index >= 15 is 0 Å². The molecule has 8 heteroatoms. The lowest BCUT2D eigenvalue weighted by Gasteiger charge is -2.32. The molecule has 1 aromatic rings. The molecule has 1 aliphatic rings. The van der Waals surface area contributed by atoms with Crippen molar-refractivity contribution in [3.05, 3.63) is 17.0 Å². The maximum atomic E-state index is 12.6. The number of amides is 2. The van der Waals surface area contributed by atoms with Crippen molar-refractivity contribution in [3.63, 3.8) is 0 Å². The van der Waals surface area contributed by atoms with Crippen LogP contribution in [0.2, 0.25) is 0 Å². The van der Waals surface area contributed by atoms with Crippen LogP contribution in [-0.2, 0) is 32.1 Å². The van der Waals surface area contributed by atoms with Gasteiger partial charge in [-0.3, -0.25) is 19.1 Å². The van der Waals surface area contributed by atoms with Gasteiger partial charge in [0.2, 0.25) is 11.8 Å². The second-order valence-corrected chi connectivity index (χ2v) is 8.88. The predicted molar refractivity (Wildman–Crippen MR) is 118 cm³/mol. The summed E-state index contributed by atoms with van der Waals surface area (Å²) >= 11 is 0. The predicted octanol–water partition coefficient (Wildman–Crippen LogP) is 2.35. The highest BCUT2D eigenvalue weighted by Crippen LogP contribution is 2.19. The van der Waals surface area contributed by atoms with E-state index in [9.17, 15) is 14.4 Å². The molecule has 174 valence electrons. The minimum atomic E-state index is -0.177. The lowest BCUT2D eigenvalue weighted by atomic mass is 9.97. The smallest absolute Gasteiger partial charge is 0.309 e. The van der Waals surface area contributed by atoms with Crippen LogP contribution in [-0.4, -0.2) is 70.7 Å². The number of ether oxygens (including phenoxy) is 1. The Morgan fingerprint density at radius 3 is 2.42 bits per heavy atom. The number of hydrogen-bond donors (Lipinski definition) is 0. The molecule has 0 unspecified atom stereocenters. The Balaban J connectivity index is 1.82. The van der Waals surface area contributed by atoms with Crippen LogP contribution in [0.5, 0.6) is 0 Å². The lowest BCUT2D eigenvalue weighted by Crippen LogP contribution is -2.45. The monoisotopic (exact) mass is 434 g/mol. The van der Waals surface area contributed by atoms with Gasteiger partial charge in [0.1, 0.15) is 0 Å². The van der Waals surface area contributed by atoms with Crippen LogP contribution >= 0.6 is 0 Å². The second kappa shape index (κ2) is 11.3. The van der Waals surface area contributed by atoms with E-state index in [-0.39, 0.29) is 30.2 Å². The van der Waals surface area contributed by atoms with Gasteiger partial charge < -0.3 is 14.5 Å². The van der Waals surface area contributed by atoms with Gasteiger partial charge in [-0.05, 0) is 51.5 Å². The maximum absolute atomic E-state index is 12.6. The van der Waals surface area contributed by atoms with Gasteiger partial charge in [0.05, 0.1) is 24.8 Å². The Bertz CT molecular complexity index is 779. The highest BCUT2D eigenvalue weighted by Gasteiger charge is 2.29. The number of esters is 1. The molecule has 0 aromatic carbocycles. The largest absolute Gasteiger partial charge is 0.466 e. The van der Waals surface area contributed by atoms with E-state index in [1.54, 1.807) is 18.9 Å². The van der Waals surface area contributed by atoms with Crippen molar-refractivity contribution >= 4 is 17.8 Å². The SMILES string of the molecule is CCOC(=O)C1CCN(C(=O)CN(C)C(=O)CCc2c(C)nn(CC(C)C)c2C)CC1. The van der Waals surface area contributed by atoms with Gasteiger partial charge in [-0.1, -0.05) is 13.8 Å². The summed E-state index contributed by atoms with van der Waals surface area (Å²) in [5.74, 6) is 0.0723. The van der Waals surface area contributed by atoms with E-state index < -0.39 is 0 Å². The van der Waals surface area contributed by atoms with Crippen LogP contribution in [0.15, 0.2) is 0 Å². The third-order valence-corrected chi connectivity index (χ3v) is 5.92. The summed E-state index contributed by atoms with van der Waals surface area (Å²) < 4.78 is 7.09. The van der Waals surface area contributed by atoms with Crippen molar-refractivity contribution in [1.29, 1.82) is 0 Å². The highest BCUT2D eigenvalue weighted by atomic mass is 16.5. The number of aryl methyl sites for hydroxylation is 1. The summed E-state index contributed by atoms with van der Waals surface area (Å²) in [4.78, 5) is 40.3. The van der Waals surface area contributed by atoms with Crippen LogP contribution in [0.25, 0.3) is 0 Å². The van der Waals surface area contributed by atoms with Gasteiger partial charge in [0, 0.05) is 38.8 Å². The first-order valence-corrected chi connectivity index (χ1v) is 11.3. The zero-order valence-corrected chi connectivity index (χ0v) is 19.9. The fraction of sp³-hybridized carbons (Fsp3) is 0.739. The maximum Gasteiger partial charge on any atom is 0.309 e. The summed E-state index contributed by atoms with van der Waals surface area (Å²) in [6, 6.07) is 0. The number of rotatable bonds is 9. The number of nitrogens with zero attached hydrogens (tertiary/aromatic N) is 4. The number of carbonyl (C=O) groups excluding carboxylic acids is 3. The van der Waals surface area contributed by atoms with Crippen molar-refractivity contribution in [1.82, 2.24) is 19.6 Å². The zero-order chi connectivity index (χ0) is 23.1. The molecule has 0 atom stereocenters. The van der Waals surface area contributed by atoms with Crippen molar-refractivity contribution in [3.8, 4) is 0 Å². The third kappa shape index (κ3) is 6.80. The van der Waals surface area contributed by atoms with Crippen LogP contribution in [0.4, 0.5) is 0 Å². The number of carbonyl (C=O) groups is 3. The summed E-state index contributed by atoms with van der Waals surface area (Å²) in [6.07, 6.45) is 2.20. The minimum Gasteiger partial charge on any atom is -0.466 e. The van der Waals surface area contributed by atoms with Crippen LogP contribution < -0.4 is 0 Å². The molecule has 1 aliphatic heterocycles. The molecule has 0 bridgehead atoms. The molecule has 0 saturated carbocycles. The molecule has 1 saturated heterocycles. The van der Waals surface area contributed by atoms with Crippen LogP contribution in [0, 0.1) is 25.7 Å². The van der Waals surface area contributed by atoms with Gasteiger partial charge in [-0.25, -0.2) is 0 Å². The Kier molecular flexibility index (Phi) is 9.07. The van der Waals surface area contributed by atoms with E-state index in [2.05, 4.69) is 25.9 Å². The van der Waals surface area contributed by atoms with E-state index in [0.717, 1.165) is 23.5 Å². The second-order valence-electron chi connectivity index (χ2n) is 8.88. The van der Waals surface area contributed by atoms with E-state index in [1.807, 2.05) is 11.6 Å². The fourth-order valence-corrected chi connectivity index (χ4v) is 4.06. The van der Waals surface area contributed by atoms with Gasteiger partial charge in [0.25, 0.3) is 0 Å². The average Bonchev–Trinajstić information content (AvgIpc) is 2.98. The first kappa shape index (κ1) is 24.9. The quantitative estimate of drug-likeness (QED) is 0.557. The number of piperidine rings is 1. The number of hydrogen-bond acceptors (Lipinski definition) is 5. The molecule has 31 heavy (non-hydrogen) atoms. The van der Waals surface area contributed by atoms with E-state index in [1.165, 1.54) is 4.90 Å². The zero-order valence-electron chi connectivity index (χ0n) is 19.9. The molecular weight excluding hydrogens is 396 g/mol. The topological polar surface area (TPSA) is 84.7 Å². The number of aromatic nitrogens is 2. The molecular formula is C23H38N4O4. The van der Waals surface area contributed by atoms with Gasteiger partial charge in [0.15, 0.2) is 0 Å². The van der Waals surface area contributed by atoms with Crippen molar-refractivity contribution in [2.75, 3.05) is 33.3 Å². The molecule has 0 spiro atoms. The summed E-state index contributed by atoms with van der Waals surface area (Å²) in [5.41, 5.74) is 3.20. The van der Waals surface area contributed by atoms with Crippen molar-refractivity contribution in [2.45, 2.75) is 66.8 Å². The Hall–Kier alpha value is -2.38. The standard InChI is InChI=1S/C23H38N4O4/c1-7-31-23(30)19-10-12-26(13-11-19)22(29)15-25(6)21(28)9-8-20-17(4)24-27(18(20)5)14-16(2)3/h16,19H,7-15H2,1-6H3. The first-order chi connectivity index (χ1) is 14.6. The van der Waals surface area contributed by atoms with Gasteiger partial charge in [-0.2, -0.15) is 5.10 Å². The molecule has 0 N–H and O–H groups in total. The van der Waals surface area contributed by atoms with Crippen molar-refractivity contribution in [2.24, 2.45) is 11.8 Å². The van der Waals surface area contributed by atoms with Gasteiger partial charge >= 0.3 is 5.97 Å². The van der Waals surface area contributed by atoms with E-state index in [0.29, 0.717) is 51.3 Å². The Labute approximate surface area is 185 Å². The fourth-order valence-electron chi connectivity index (χ4n) is 4.06. The van der Waals surface area contributed by atoms with Gasteiger partial charge in [-0.15, -0.1) is 0 Å². The average molecular weight is 435 g/mol. The highest BCUT2D eigenvalue weighted by molar-refractivity contribution is 5.85. The normalized spacial score (nSPS) is 14.7.